The van der Waals surface area contributed by atoms with Crippen LogP contribution in [0.4, 0.5) is 5.69 Å². The number of nitrogens with one attached hydrogen (secondary N) is 1. The summed E-state index contributed by atoms with van der Waals surface area (Å²) in [5, 5.41) is 5.72. The molecule has 0 aliphatic heterocycles. The van der Waals surface area contributed by atoms with Crippen LogP contribution in [0.25, 0.3) is 11.3 Å². The average molecular weight is 469 g/mol. The van der Waals surface area contributed by atoms with E-state index < -0.39 is 10.0 Å². The fourth-order valence-electron chi connectivity index (χ4n) is 2.62. The fraction of sp³-hybridized carbons (Fsp3) is 0.316. The maximum absolute atomic E-state index is 12.7. The van der Waals surface area contributed by atoms with Gasteiger partial charge in [-0.25, -0.2) is 8.42 Å². The molecule has 5 nitrogen and oxygen atoms in total. The summed E-state index contributed by atoms with van der Waals surface area (Å²) >= 11 is 4.67. The molecule has 0 bridgehead atoms. The third-order valence-electron chi connectivity index (χ3n) is 4.13. The zero-order valence-corrected chi connectivity index (χ0v) is 18.5. The van der Waals surface area contributed by atoms with Crippen LogP contribution in [-0.2, 0) is 16.4 Å². The summed E-state index contributed by atoms with van der Waals surface area (Å²) in [6.45, 7) is 6.19. The monoisotopic (exact) mass is 468 g/mol. The van der Waals surface area contributed by atoms with Crippen LogP contribution in [-0.4, -0.2) is 13.6 Å². The van der Waals surface area contributed by atoms with Crippen molar-refractivity contribution in [2.75, 3.05) is 4.72 Å². The number of halogens is 1. The zero-order chi connectivity index (χ0) is 19.6. The molecule has 1 aromatic carbocycles. The molecule has 0 atom stereocenters. The van der Waals surface area contributed by atoms with E-state index in [1.54, 1.807) is 23.6 Å². The van der Waals surface area contributed by atoms with Crippen molar-refractivity contribution in [2.45, 2.75) is 37.8 Å². The zero-order valence-electron chi connectivity index (χ0n) is 15.3. The Morgan fingerprint density at radius 1 is 1.30 bits per heavy atom. The lowest BCUT2D eigenvalue weighted by Crippen LogP contribution is -2.12. The van der Waals surface area contributed by atoms with Gasteiger partial charge < -0.3 is 4.52 Å². The lowest BCUT2D eigenvalue weighted by atomic mass is 9.99. The number of hydrogen-bond acceptors (Lipinski definition) is 5. The van der Waals surface area contributed by atoms with E-state index in [-0.39, 0.29) is 4.21 Å². The summed E-state index contributed by atoms with van der Waals surface area (Å²) in [6.07, 6.45) is 1.96. The Morgan fingerprint density at radius 2 is 2.07 bits per heavy atom. The van der Waals surface area contributed by atoms with Crippen LogP contribution in [0, 0.1) is 12.8 Å². The first kappa shape index (κ1) is 20.1. The first-order chi connectivity index (χ1) is 12.8. The molecule has 8 heteroatoms. The molecule has 2 aromatic heterocycles. The summed E-state index contributed by atoms with van der Waals surface area (Å²) in [7, 11) is -3.65. The highest BCUT2D eigenvalue weighted by molar-refractivity contribution is 9.10. The third-order valence-corrected chi connectivity index (χ3v) is 7.83. The van der Waals surface area contributed by atoms with Crippen LogP contribution < -0.4 is 4.72 Å². The van der Waals surface area contributed by atoms with Crippen molar-refractivity contribution >= 4 is 43.0 Å². The van der Waals surface area contributed by atoms with Crippen LogP contribution in [0.3, 0.4) is 0 Å². The second kappa shape index (κ2) is 8.16. The minimum atomic E-state index is -3.65. The molecule has 144 valence electrons. The Labute approximate surface area is 172 Å². The Bertz CT molecular complexity index is 1030. The number of hydrogen-bond donors (Lipinski definition) is 1. The minimum absolute atomic E-state index is 0.269. The van der Waals surface area contributed by atoms with Gasteiger partial charge in [-0.3, -0.25) is 4.72 Å². The van der Waals surface area contributed by atoms with Gasteiger partial charge in [0.25, 0.3) is 10.0 Å². The minimum Gasteiger partial charge on any atom is -0.355 e. The molecule has 0 unspecified atom stereocenters. The Kier molecular flexibility index (Phi) is 6.08. The quantitative estimate of drug-likeness (QED) is 0.470. The number of benzene rings is 1. The van der Waals surface area contributed by atoms with Crippen molar-refractivity contribution < 1.29 is 12.9 Å². The van der Waals surface area contributed by atoms with Crippen molar-refractivity contribution in [3.63, 3.8) is 0 Å². The number of anilines is 1. The van der Waals surface area contributed by atoms with E-state index in [1.165, 1.54) is 11.3 Å². The third kappa shape index (κ3) is 4.62. The van der Waals surface area contributed by atoms with Crippen molar-refractivity contribution in [1.82, 2.24) is 5.16 Å². The number of aromatic nitrogens is 1. The molecule has 1 N–H and O–H groups in total. The Morgan fingerprint density at radius 3 is 2.67 bits per heavy atom. The van der Waals surface area contributed by atoms with Gasteiger partial charge in [0, 0.05) is 5.56 Å². The first-order valence-electron chi connectivity index (χ1n) is 8.59. The first-order valence-corrected chi connectivity index (χ1v) is 11.7. The largest absolute Gasteiger partial charge is 0.355 e. The van der Waals surface area contributed by atoms with Crippen molar-refractivity contribution in [2.24, 2.45) is 5.92 Å². The van der Waals surface area contributed by atoms with E-state index >= 15 is 0 Å². The predicted octanol–water partition coefficient (Wildman–Crippen LogP) is 5.86. The molecular formula is C19H21BrN2O3S2. The van der Waals surface area contributed by atoms with Crippen molar-refractivity contribution in [1.29, 1.82) is 0 Å². The summed E-state index contributed by atoms with van der Waals surface area (Å²) in [4.78, 5) is 0. The maximum Gasteiger partial charge on any atom is 0.271 e. The molecule has 0 spiro atoms. The Hall–Kier alpha value is -1.64. The van der Waals surface area contributed by atoms with Crippen LogP contribution in [0.1, 0.15) is 31.5 Å². The number of sulfonamides is 1. The molecule has 0 saturated carbocycles. The lowest BCUT2D eigenvalue weighted by molar-refractivity contribution is 0.427. The van der Waals surface area contributed by atoms with Gasteiger partial charge in [0.1, 0.15) is 4.21 Å². The molecule has 0 aliphatic rings. The molecule has 2 heterocycles. The van der Waals surface area contributed by atoms with Gasteiger partial charge in [0.2, 0.25) is 0 Å². The SMILES string of the molecule is Cc1noc(-c2cc(CCC(C)C)ccc2NS(=O)(=O)c2cccs2)c1Br. The molecule has 3 rings (SSSR count). The molecule has 0 radical (unpaired) electrons. The van der Waals surface area contributed by atoms with Crippen LogP contribution >= 0.6 is 27.3 Å². The van der Waals surface area contributed by atoms with E-state index in [1.807, 2.05) is 19.1 Å². The van der Waals surface area contributed by atoms with Crippen LogP contribution in [0.15, 0.2) is 48.9 Å². The topological polar surface area (TPSA) is 72.2 Å². The summed E-state index contributed by atoms with van der Waals surface area (Å²) in [5.74, 6) is 1.10. The highest BCUT2D eigenvalue weighted by Crippen LogP contribution is 2.37. The molecule has 0 aliphatic carbocycles. The number of nitrogens with zero attached hydrogens (tertiary/aromatic N) is 1. The van der Waals surface area contributed by atoms with E-state index in [0.717, 1.165) is 22.9 Å². The summed E-state index contributed by atoms with van der Waals surface area (Å²) in [5.41, 5.74) is 2.97. The molecule has 27 heavy (non-hydrogen) atoms. The number of aryl methyl sites for hydroxylation is 2. The lowest BCUT2D eigenvalue weighted by Gasteiger charge is -2.13. The normalized spacial score (nSPS) is 11.9. The number of rotatable bonds is 7. The molecular weight excluding hydrogens is 448 g/mol. The standard InChI is InChI=1S/C19H21BrN2O3S2/c1-12(2)6-7-14-8-9-16(22-27(23,24)17-5-4-10-26-17)15(11-14)19-18(20)13(3)21-25-19/h4-5,8-12,22H,6-7H2,1-3H3. The maximum atomic E-state index is 12.7. The highest BCUT2D eigenvalue weighted by atomic mass is 79.9. The van der Waals surface area contributed by atoms with E-state index in [4.69, 9.17) is 4.52 Å². The molecule has 0 saturated heterocycles. The Balaban J connectivity index is 2.03. The van der Waals surface area contributed by atoms with Gasteiger partial charge >= 0.3 is 0 Å². The van der Waals surface area contributed by atoms with E-state index in [9.17, 15) is 8.42 Å². The number of thiophene rings is 1. The smallest absolute Gasteiger partial charge is 0.271 e. The van der Waals surface area contributed by atoms with Gasteiger partial charge in [0.15, 0.2) is 5.76 Å². The van der Waals surface area contributed by atoms with Crippen LogP contribution in [0.2, 0.25) is 0 Å². The fourth-order valence-corrected chi connectivity index (χ4v) is 5.05. The van der Waals surface area contributed by atoms with Gasteiger partial charge in [-0.1, -0.05) is 31.1 Å². The van der Waals surface area contributed by atoms with Gasteiger partial charge in [-0.15, -0.1) is 11.3 Å². The second-order valence-corrected chi connectivity index (χ2v) is 10.4. The van der Waals surface area contributed by atoms with Crippen molar-refractivity contribution in [3.05, 3.63) is 51.4 Å². The van der Waals surface area contributed by atoms with Crippen molar-refractivity contribution in [3.8, 4) is 11.3 Å². The van der Waals surface area contributed by atoms with Gasteiger partial charge in [-0.2, -0.15) is 0 Å². The highest BCUT2D eigenvalue weighted by Gasteiger charge is 2.21. The molecule has 3 aromatic rings. The molecule has 0 amide bonds. The average Bonchev–Trinajstić information content (AvgIpc) is 3.26. The van der Waals surface area contributed by atoms with E-state index in [2.05, 4.69) is 39.7 Å². The van der Waals surface area contributed by atoms with Gasteiger partial charge in [0.05, 0.1) is 15.9 Å². The van der Waals surface area contributed by atoms with E-state index in [0.29, 0.717) is 28.6 Å². The predicted molar refractivity (Wildman–Crippen MR) is 113 cm³/mol. The van der Waals surface area contributed by atoms with Gasteiger partial charge in [-0.05, 0) is 70.8 Å². The molecule has 0 fully saturated rings. The summed E-state index contributed by atoms with van der Waals surface area (Å²) in [6, 6.07) is 9.01. The second-order valence-electron chi connectivity index (χ2n) is 6.76. The van der Waals surface area contributed by atoms with Crippen LogP contribution in [0.5, 0.6) is 0 Å². The summed E-state index contributed by atoms with van der Waals surface area (Å²) < 4.78 is 34.5.